The molecule has 0 aromatic carbocycles. The lowest BCUT2D eigenvalue weighted by molar-refractivity contribution is 0.0550. The van der Waals surface area contributed by atoms with Crippen LogP contribution in [-0.4, -0.2) is 39.0 Å². The Balaban J connectivity index is 1.93. The summed E-state index contributed by atoms with van der Waals surface area (Å²) in [6, 6.07) is 0. The summed E-state index contributed by atoms with van der Waals surface area (Å²) in [5, 5.41) is 3.30. The highest BCUT2D eigenvalue weighted by atomic mass is 16.5. The first kappa shape index (κ1) is 9.96. The number of ether oxygens (including phenoxy) is 2. The molecule has 72 valence electrons. The fourth-order valence-corrected chi connectivity index (χ4v) is 1.47. The summed E-state index contributed by atoms with van der Waals surface area (Å²) >= 11 is 0. The second-order valence-electron chi connectivity index (χ2n) is 3.34. The molecule has 0 amide bonds. The van der Waals surface area contributed by atoms with Crippen molar-refractivity contribution in [3.8, 4) is 0 Å². The molecule has 0 saturated carbocycles. The van der Waals surface area contributed by atoms with E-state index in [1.165, 1.54) is 12.8 Å². The van der Waals surface area contributed by atoms with Gasteiger partial charge >= 0.3 is 0 Å². The summed E-state index contributed by atoms with van der Waals surface area (Å²) in [4.78, 5) is 0. The van der Waals surface area contributed by atoms with Crippen LogP contribution in [0.5, 0.6) is 0 Å². The van der Waals surface area contributed by atoms with Crippen molar-refractivity contribution in [2.75, 3.05) is 26.8 Å². The smallest absolute Gasteiger partial charge is 0.0704 e. The summed E-state index contributed by atoms with van der Waals surface area (Å²) in [6.45, 7) is 4.80. The summed E-state index contributed by atoms with van der Waals surface area (Å²) in [5.74, 6) is 0. The molecule has 0 aromatic rings. The summed E-state index contributed by atoms with van der Waals surface area (Å²) < 4.78 is 10.6. The summed E-state index contributed by atoms with van der Waals surface area (Å²) in [5.41, 5.74) is 0. The van der Waals surface area contributed by atoms with Gasteiger partial charge in [-0.1, -0.05) is 0 Å². The quantitative estimate of drug-likeness (QED) is 0.623. The lowest BCUT2D eigenvalue weighted by atomic mass is 10.2. The molecule has 1 aliphatic heterocycles. The van der Waals surface area contributed by atoms with Crippen LogP contribution >= 0.6 is 0 Å². The number of rotatable bonds is 5. The molecule has 1 saturated heterocycles. The lowest BCUT2D eigenvalue weighted by Crippen LogP contribution is -2.29. The standard InChI is InChI=1S/C9H19NO2/c1-8-3-4-9(12-8)7-10-5-6-11-2/h8-10H,3-7H2,1-2H3. The Morgan fingerprint density at radius 2 is 2.33 bits per heavy atom. The van der Waals surface area contributed by atoms with E-state index >= 15 is 0 Å². The predicted octanol–water partition coefficient (Wildman–Crippen LogP) is 0.790. The molecule has 0 aromatic heterocycles. The van der Waals surface area contributed by atoms with Crippen molar-refractivity contribution in [1.29, 1.82) is 0 Å². The SMILES string of the molecule is COCCNCC1CCC(C)O1. The van der Waals surface area contributed by atoms with E-state index in [1.54, 1.807) is 7.11 Å². The molecular weight excluding hydrogens is 154 g/mol. The predicted molar refractivity (Wildman–Crippen MR) is 48.3 cm³/mol. The van der Waals surface area contributed by atoms with Crippen molar-refractivity contribution in [2.24, 2.45) is 0 Å². The highest BCUT2D eigenvalue weighted by Gasteiger charge is 2.20. The molecule has 1 N–H and O–H groups in total. The van der Waals surface area contributed by atoms with Gasteiger partial charge in [0.25, 0.3) is 0 Å². The van der Waals surface area contributed by atoms with Gasteiger partial charge in [-0.2, -0.15) is 0 Å². The lowest BCUT2D eigenvalue weighted by Gasteiger charge is -2.11. The number of hydrogen-bond donors (Lipinski definition) is 1. The minimum absolute atomic E-state index is 0.428. The topological polar surface area (TPSA) is 30.5 Å². The molecule has 0 aliphatic carbocycles. The summed E-state index contributed by atoms with van der Waals surface area (Å²) in [6.07, 6.45) is 3.29. The molecule has 1 fully saturated rings. The van der Waals surface area contributed by atoms with E-state index in [0.717, 1.165) is 19.7 Å². The molecule has 1 rings (SSSR count). The average molecular weight is 173 g/mol. The van der Waals surface area contributed by atoms with Gasteiger partial charge in [-0.15, -0.1) is 0 Å². The van der Waals surface area contributed by atoms with E-state index < -0.39 is 0 Å². The zero-order valence-electron chi connectivity index (χ0n) is 8.01. The first-order valence-electron chi connectivity index (χ1n) is 4.68. The van der Waals surface area contributed by atoms with Crippen LogP contribution in [0.25, 0.3) is 0 Å². The van der Waals surface area contributed by atoms with Gasteiger partial charge in [0.15, 0.2) is 0 Å². The Labute approximate surface area is 74.4 Å². The van der Waals surface area contributed by atoms with Crippen LogP contribution in [0.2, 0.25) is 0 Å². The fourth-order valence-electron chi connectivity index (χ4n) is 1.47. The molecule has 12 heavy (non-hydrogen) atoms. The van der Waals surface area contributed by atoms with Crippen LogP contribution in [-0.2, 0) is 9.47 Å². The minimum atomic E-state index is 0.428. The number of hydrogen-bond acceptors (Lipinski definition) is 3. The highest BCUT2D eigenvalue weighted by Crippen LogP contribution is 2.17. The molecule has 1 heterocycles. The second kappa shape index (κ2) is 5.51. The molecule has 2 unspecified atom stereocenters. The first-order chi connectivity index (χ1) is 5.83. The molecule has 0 radical (unpaired) electrons. The van der Waals surface area contributed by atoms with Crippen molar-refractivity contribution >= 4 is 0 Å². The van der Waals surface area contributed by atoms with Crippen LogP contribution in [0.15, 0.2) is 0 Å². The van der Waals surface area contributed by atoms with Crippen LogP contribution in [0, 0.1) is 0 Å². The van der Waals surface area contributed by atoms with Crippen molar-refractivity contribution in [2.45, 2.75) is 32.0 Å². The van der Waals surface area contributed by atoms with Crippen molar-refractivity contribution in [3.05, 3.63) is 0 Å². The maximum atomic E-state index is 5.64. The van der Waals surface area contributed by atoms with Gasteiger partial charge in [-0.3, -0.25) is 0 Å². The normalized spacial score (nSPS) is 29.5. The maximum absolute atomic E-state index is 5.64. The van der Waals surface area contributed by atoms with E-state index in [1.807, 2.05) is 0 Å². The zero-order valence-corrected chi connectivity index (χ0v) is 8.01. The second-order valence-corrected chi connectivity index (χ2v) is 3.34. The monoisotopic (exact) mass is 173 g/mol. The average Bonchev–Trinajstić information content (AvgIpc) is 2.45. The van der Waals surface area contributed by atoms with Crippen molar-refractivity contribution in [1.82, 2.24) is 5.32 Å². The van der Waals surface area contributed by atoms with Crippen molar-refractivity contribution in [3.63, 3.8) is 0 Å². The Kier molecular flexibility index (Phi) is 4.58. The third kappa shape index (κ3) is 3.52. The third-order valence-corrected chi connectivity index (χ3v) is 2.17. The van der Waals surface area contributed by atoms with Gasteiger partial charge in [0.2, 0.25) is 0 Å². The molecule has 1 aliphatic rings. The minimum Gasteiger partial charge on any atom is -0.383 e. The van der Waals surface area contributed by atoms with Crippen molar-refractivity contribution < 1.29 is 9.47 Å². The van der Waals surface area contributed by atoms with Gasteiger partial charge in [-0.05, 0) is 19.8 Å². The third-order valence-electron chi connectivity index (χ3n) is 2.17. The molecule has 0 bridgehead atoms. The van der Waals surface area contributed by atoms with Gasteiger partial charge in [0.1, 0.15) is 0 Å². The van der Waals surface area contributed by atoms with Gasteiger partial charge in [-0.25, -0.2) is 0 Å². The number of methoxy groups -OCH3 is 1. The van der Waals surface area contributed by atoms with E-state index in [0.29, 0.717) is 12.2 Å². The van der Waals surface area contributed by atoms with E-state index in [-0.39, 0.29) is 0 Å². The molecule has 3 heteroatoms. The van der Waals surface area contributed by atoms with Crippen LogP contribution in [0.1, 0.15) is 19.8 Å². The molecular formula is C9H19NO2. The van der Waals surface area contributed by atoms with Gasteiger partial charge in [0, 0.05) is 20.2 Å². The van der Waals surface area contributed by atoms with Gasteiger partial charge in [0.05, 0.1) is 18.8 Å². The first-order valence-corrected chi connectivity index (χ1v) is 4.68. The Bertz CT molecular complexity index is 119. The van der Waals surface area contributed by atoms with E-state index in [2.05, 4.69) is 12.2 Å². The van der Waals surface area contributed by atoms with E-state index in [4.69, 9.17) is 9.47 Å². The molecule has 0 spiro atoms. The van der Waals surface area contributed by atoms with Crippen LogP contribution in [0.4, 0.5) is 0 Å². The Hall–Kier alpha value is -0.120. The van der Waals surface area contributed by atoms with E-state index in [9.17, 15) is 0 Å². The fraction of sp³-hybridized carbons (Fsp3) is 1.00. The maximum Gasteiger partial charge on any atom is 0.0704 e. The van der Waals surface area contributed by atoms with Crippen LogP contribution in [0.3, 0.4) is 0 Å². The Morgan fingerprint density at radius 3 is 2.92 bits per heavy atom. The Morgan fingerprint density at radius 1 is 1.50 bits per heavy atom. The zero-order chi connectivity index (χ0) is 8.81. The highest BCUT2D eigenvalue weighted by molar-refractivity contribution is 4.72. The molecule has 2 atom stereocenters. The van der Waals surface area contributed by atoms with Gasteiger partial charge < -0.3 is 14.8 Å². The molecule has 3 nitrogen and oxygen atoms in total. The largest absolute Gasteiger partial charge is 0.383 e. The van der Waals surface area contributed by atoms with Crippen LogP contribution < -0.4 is 5.32 Å². The number of nitrogens with one attached hydrogen (secondary N) is 1. The summed E-state index contributed by atoms with van der Waals surface area (Å²) in [7, 11) is 1.72.